The molecule has 2 unspecified atom stereocenters. The van der Waals surface area contributed by atoms with Crippen LogP contribution < -0.4 is 5.32 Å². The average molecular weight is 284 g/mol. The Balaban J connectivity index is 1.86. The maximum absolute atomic E-state index is 11.8. The first kappa shape index (κ1) is 13.6. The molecule has 2 heterocycles. The van der Waals surface area contributed by atoms with Crippen LogP contribution in [-0.4, -0.2) is 29.2 Å². The van der Waals surface area contributed by atoms with E-state index >= 15 is 0 Å². The number of carbonyl (C=O) groups excluding carboxylic acids is 1. The van der Waals surface area contributed by atoms with Gasteiger partial charge < -0.3 is 15.2 Å². The highest BCUT2D eigenvalue weighted by molar-refractivity contribution is 5.96. The number of ether oxygens (including phenoxy) is 1. The van der Waals surface area contributed by atoms with E-state index in [4.69, 9.17) is 4.74 Å². The van der Waals surface area contributed by atoms with Crippen molar-refractivity contribution in [2.45, 2.75) is 18.6 Å². The lowest BCUT2D eigenvalue weighted by atomic mass is 10.0. The van der Waals surface area contributed by atoms with Gasteiger partial charge in [0.1, 0.15) is 0 Å². The molecule has 0 saturated carbocycles. The van der Waals surface area contributed by atoms with Crippen molar-refractivity contribution in [3.8, 4) is 0 Å². The van der Waals surface area contributed by atoms with Crippen molar-refractivity contribution in [1.82, 2.24) is 4.98 Å². The summed E-state index contributed by atoms with van der Waals surface area (Å²) in [5.41, 5.74) is 2.72. The Labute approximate surface area is 122 Å². The lowest BCUT2D eigenvalue weighted by Crippen LogP contribution is -2.25. The first-order chi connectivity index (χ1) is 10.2. The Bertz CT molecular complexity index is 658. The number of esters is 1. The molecule has 21 heavy (non-hydrogen) atoms. The molecule has 0 spiro atoms. The molecule has 5 nitrogen and oxygen atoms in total. The Kier molecular flexibility index (Phi) is 3.58. The number of aliphatic hydroxyl groups excluding tert-OH is 1. The van der Waals surface area contributed by atoms with Crippen molar-refractivity contribution < 1.29 is 14.6 Å². The number of aromatic nitrogens is 1. The number of anilines is 1. The van der Waals surface area contributed by atoms with Crippen LogP contribution in [0.1, 0.15) is 27.7 Å². The van der Waals surface area contributed by atoms with Crippen LogP contribution in [0.2, 0.25) is 0 Å². The fourth-order valence-corrected chi connectivity index (χ4v) is 2.62. The third-order valence-electron chi connectivity index (χ3n) is 3.70. The van der Waals surface area contributed by atoms with Crippen LogP contribution in [0.5, 0.6) is 0 Å². The number of nitrogens with zero attached hydrogens (tertiary/aromatic N) is 1. The molecule has 1 aliphatic rings. The third-order valence-corrected chi connectivity index (χ3v) is 3.70. The predicted molar refractivity (Wildman–Crippen MR) is 78.1 cm³/mol. The number of rotatable bonds is 3. The predicted octanol–water partition coefficient (Wildman–Crippen LogP) is 1.94. The monoisotopic (exact) mass is 284 g/mol. The van der Waals surface area contributed by atoms with E-state index in [9.17, 15) is 9.90 Å². The zero-order valence-electron chi connectivity index (χ0n) is 11.6. The second-order valence-corrected chi connectivity index (χ2v) is 4.98. The number of fused-ring (bicyclic) bond motifs is 1. The number of carbonyl (C=O) groups is 1. The summed E-state index contributed by atoms with van der Waals surface area (Å²) >= 11 is 0. The molecular formula is C16H16N2O3. The third kappa shape index (κ3) is 2.48. The molecule has 5 heteroatoms. The van der Waals surface area contributed by atoms with Crippen molar-refractivity contribution in [2.75, 3.05) is 12.4 Å². The van der Waals surface area contributed by atoms with Gasteiger partial charge in [-0.25, -0.2) is 4.79 Å². The molecule has 0 saturated heterocycles. The second-order valence-electron chi connectivity index (χ2n) is 4.98. The molecule has 0 radical (unpaired) electrons. The van der Waals surface area contributed by atoms with E-state index < -0.39 is 12.1 Å². The summed E-state index contributed by atoms with van der Waals surface area (Å²) in [6.07, 6.45) is 1.49. The topological polar surface area (TPSA) is 71.5 Å². The molecule has 3 rings (SSSR count). The maximum Gasteiger partial charge on any atom is 0.340 e. The quantitative estimate of drug-likeness (QED) is 0.843. The van der Waals surface area contributed by atoms with Gasteiger partial charge in [-0.15, -0.1) is 0 Å². The van der Waals surface area contributed by atoms with Gasteiger partial charge in [0.05, 0.1) is 36.2 Å². The van der Waals surface area contributed by atoms with Gasteiger partial charge in [-0.3, -0.25) is 4.98 Å². The van der Waals surface area contributed by atoms with Gasteiger partial charge in [0.15, 0.2) is 0 Å². The van der Waals surface area contributed by atoms with Crippen molar-refractivity contribution >= 4 is 11.7 Å². The molecule has 2 atom stereocenters. The lowest BCUT2D eigenvalue weighted by molar-refractivity contribution is 0.0601. The van der Waals surface area contributed by atoms with E-state index in [0.29, 0.717) is 17.7 Å². The van der Waals surface area contributed by atoms with Crippen LogP contribution in [0.4, 0.5) is 5.69 Å². The maximum atomic E-state index is 11.8. The van der Waals surface area contributed by atoms with E-state index in [1.807, 2.05) is 30.3 Å². The summed E-state index contributed by atoms with van der Waals surface area (Å²) in [5.74, 6) is -0.406. The van der Waals surface area contributed by atoms with Crippen molar-refractivity contribution in [3.05, 3.63) is 59.4 Å². The minimum atomic E-state index is -0.661. The van der Waals surface area contributed by atoms with Crippen LogP contribution in [0.3, 0.4) is 0 Å². The summed E-state index contributed by atoms with van der Waals surface area (Å²) in [7, 11) is 1.35. The van der Waals surface area contributed by atoms with Crippen LogP contribution in [0.25, 0.3) is 0 Å². The van der Waals surface area contributed by atoms with Gasteiger partial charge in [0.2, 0.25) is 0 Å². The minimum Gasteiger partial charge on any atom is -0.465 e. The summed E-state index contributed by atoms with van der Waals surface area (Å²) in [4.78, 5) is 16.0. The van der Waals surface area contributed by atoms with Gasteiger partial charge in [0, 0.05) is 12.6 Å². The molecule has 0 amide bonds. The fraction of sp³-hybridized carbons (Fsp3) is 0.250. The molecular weight excluding hydrogens is 268 g/mol. The molecule has 1 aliphatic heterocycles. The average Bonchev–Trinajstić information content (AvgIpc) is 2.98. The van der Waals surface area contributed by atoms with Gasteiger partial charge in [-0.05, 0) is 11.6 Å². The normalized spacial score (nSPS) is 17.7. The van der Waals surface area contributed by atoms with Crippen LogP contribution >= 0.6 is 0 Å². The Hall–Kier alpha value is -2.40. The minimum absolute atomic E-state index is 0.208. The first-order valence-electron chi connectivity index (χ1n) is 6.76. The summed E-state index contributed by atoms with van der Waals surface area (Å²) < 4.78 is 4.77. The van der Waals surface area contributed by atoms with Crippen molar-refractivity contribution in [1.29, 1.82) is 0 Å². The molecule has 0 aliphatic carbocycles. The molecule has 0 fully saturated rings. The van der Waals surface area contributed by atoms with Crippen LogP contribution in [-0.2, 0) is 11.2 Å². The zero-order chi connectivity index (χ0) is 14.8. The Morgan fingerprint density at radius 1 is 1.38 bits per heavy atom. The Morgan fingerprint density at radius 3 is 2.86 bits per heavy atom. The highest BCUT2D eigenvalue weighted by Gasteiger charge is 2.31. The van der Waals surface area contributed by atoms with Crippen molar-refractivity contribution in [2.24, 2.45) is 0 Å². The summed E-state index contributed by atoms with van der Waals surface area (Å²) in [6, 6.07) is 10.9. The van der Waals surface area contributed by atoms with Crippen LogP contribution in [0.15, 0.2) is 42.6 Å². The number of benzene rings is 1. The highest BCUT2D eigenvalue weighted by atomic mass is 16.5. The lowest BCUT2D eigenvalue weighted by Gasteiger charge is -2.19. The number of hydrogen-bond donors (Lipinski definition) is 2. The van der Waals surface area contributed by atoms with Crippen LogP contribution in [0, 0.1) is 0 Å². The van der Waals surface area contributed by atoms with Gasteiger partial charge in [-0.2, -0.15) is 0 Å². The van der Waals surface area contributed by atoms with E-state index in [-0.39, 0.29) is 6.04 Å². The van der Waals surface area contributed by atoms with E-state index in [1.165, 1.54) is 7.11 Å². The van der Waals surface area contributed by atoms with E-state index in [0.717, 1.165) is 11.3 Å². The molecule has 2 N–H and O–H groups in total. The number of hydrogen-bond acceptors (Lipinski definition) is 5. The van der Waals surface area contributed by atoms with Crippen molar-refractivity contribution in [3.63, 3.8) is 0 Å². The number of nitrogens with one attached hydrogen (secondary N) is 1. The number of pyridine rings is 1. The van der Waals surface area contributed by atoms with Gasteiger partial charge in [0.25, 0.3) is 0 Å². The number of methoxy groups -OCH3 is 1. The second kappa shape index (κ2) is 5.54. The van der Waals surface area contributed by atoms with E-state index in [2.05, 4.69) is 10.3 Å². The first-order valence-corrected chi connectivity index (χ1v) is 6.76. The zero-order valence-corrected chi connectivity index (χ0v) is 11.6. The van der Waals surface area contributed by atoms with Gasteiger partial charge in [-0.1, -0.05) is 30.3 Å². The molecule has 2 aromatic rings. The largest absolute Gasteiger partial charge is 0.465 e. The summed E-state index contributed by atoms with van der Waals surface area (Å²) in [6.45, 7) is 0. The SMILES string of the molecule is COC(=O)c1ccnc2c1NC(C(O)c1ccccc1)C2. The highest BCUT2D eigenvalue weighted by Crippen LogP contribution is 2.33. The molecule has 0 bridgehead atoms. The molecule has 1 aromatic heterocycles. The molecule has 1 aromatic carbocycles. The summed E-state index contributed by atoms with van der Waals surface area (Å²) in [5, 5.41) is 13.7. The number of aliphatic hydroxyl groups is 1. The fourth-order valence-electron chi connectivity index (χ4n) is 2.62. The van der Waals surface area contributed by atoms with E-state index in [1.54, 1.807) is 12.3 Å². The molecule has 108 valence electrons. The Morgan fingerprint density at radius 2 is 2.14 bits per heavy atom. The standard InChI is InChI=1S/C16H16N2O3/c1-21-16(20)11-7-8-17-12-9-13(18-14(11)12)15(19)10-5-3-2-4-6-10/h2-8,13,15,18-19H,9H2,1H3. The smallest absolute Gasteiger partial charge is 0.340 e. The van der Waals surface area contributed by atoms with Gasteiger partial charge >= 0.3 is 5.97 Å².